The van der Waals surface area contributed by atoms with Crippen molar-refractivity contribution >= 4 is 28.6 Å². The molecular weight excluding hydrogens is 456 g/mol. The Kier molecular flexibility index (Phi) is 7.02. The summed E-state index contributed by atoms with van der Waals surface area (Å²) in [7, 11) is 1.77. The molecule has 1 amide bonds. The fourth-order valence-electron chi connectivity index (χ4n) is 5.26. The molecule has 1 aliphatic heterocycles. The number of aromatic nitrogens is 3. The van der Waals surface area contributed by atoms with E-state index in [2.05, 4.69) is 15.3 Å². The molecule has 2 aliphatic rings. The summed E-state index contributed by atoms with van der Waals surface area (Å²) in [5.74, 6) is 0.988. The van der Waals surface area contributed by atoms with Crippen LogP contribution in [0.2, 0.25) is 0 Å². The van der Waals surface area contributed by atoms with Crippen molar-refractivity contribution in [2.24, 2.45) is 0 Å². The lowest BCUT2D eigenvalue weighted by Gasteiger charge is -2.35. The highest BCUT2D eigenvalue weighted by Crippen LogP contribution is 2.31. The number of hydrogen-bond donors (Lipinski definition) is 2. The summed E-state index contributed by atoms with van der Waals surface area (Å²) in [6, 6.07) is 7.91. The highest BCUT2D eigenvalue weighted by atomic mass is 16.5. The third-order valence-corrected chi connectivity index (χ3v) is 7.14. The fraction of sp³-hybridized carbons (Fsp3) is 0.481. The van der Waals surface area contributed by atoms with Crippen LogP contribution in [0, 0.1) is 0 Å². The molecule has 0 bridgehead atoms. The smallest absolute Gasteiger partial charge is 0.254 e. The van der Waals surface area contributed by atoms with Gasteiger partial charge in [-0.2, -0.15) is 0 Å². The van der Waals surface area contributed by atoms with Gasteiger partial charge in [-0.25, -0.2) is 15.0 Å². The van der Waals surface area contributed by atoms with Gasteiger partial charge >= 0.3 is 0 Å². The number of methoxy groups -OCH3 is 1. The minimum Gasteiger partial charge on any atom is -0.383 e. The van der Waals surface area contributed by atoms with Gasteiger partial charge in [0.2, 0.25) is 5.95 Å². The van der Waals surface area contributed by atoms with Gasteiger partial charge in [-0.1, -0.05) is 12.1 Å². The monoisotopic (exact) mass is 490 g/mol. The largest absolute Gasteiger partial charge is 0.383 e. The van der Waals surface area contributed by atoms with E-state index in [9.17, 15) is 4.79 Å². The Hall–Kier alpha value is -3.30. The van der Waals surface area contributed by atoms with Crippen molar-refractivity contribution in [1.29, 1.82) is 0 Å². The number of amides is 1. The second kappa shape index (κ2) is 10.4. The molecule has 1 aliphatic carbocycles. The zero-order valence-electron chi connectivity index (χ0n) is 21.1. The maximum absolute atomic E-state index is 13.1. The number of hydrogen-bond acceptors (Lipinski definition) is 8. The number of nitrogens with one attached hydrogen (secondary N) is 1. The summed E-state index contributed by atoms with van der Waals surface area (Å²) in [6.07, 6.45) is 7.94. The number of pyridine rings is 1. The topological polar surface area (TPSA) is 115 Å². The van der Waals surface area contributed by atoms with E-state index in [0.29, 0.717) is 48.0 Å². The number of ether oxygens (including phenoxy) is 2. The lowest BCUT2D eigenvalue weighted by Crippen LogP contribution is -2.48. The van der Waals surface area contributed by atoms with Crippen molar-refractivity contribution in [2.75, 3.05) is 31.2 Å². The summed E-state index contributed by atoms with van der Waals surface area (Å²) in [5.41, 5.74) is 9.30. The Balaban J connectivity index is 1.38. The Morgan fingerprint density at radius 1 is 1.06 bits per heavy atom. The summed E-state index contributed by atoms with van der Waals surface area (Å²) in [5, 5.41) is 4.19. The molecule has 0 radical (unpaired) electrons. The van der Waals surface area contributed by atoms with Gasteiger partial charge in [-0.3, -0.25) is 4.79 Å². The maximum Gasteiger partial charge on any atom is 0.254 e. The van der Waals surface area contributed by atoms with E-state index in [-0.39, 0.29) is 18.1 Å². The van der Waals surface area contributed by atoms with Crippen molar-refractivity contribution in [1.82, 2.24) is 19.9 Å². The number of carbonyl (C=O) groups is 1. The quantitative estimate of drug-likeness (QED) is 0.553. The molecule has 2 aromatic heterocycles. The van der Waals surface area contributed by atoms with Crippen LogP contribution in [-0.4, -0.2) is 70.3 Å². The van der Waals surface area contributed by atoms with E-state index in [1.165, 1.54) is 0 Å². The normalized spacial score (nSPS) is 24.6. The highest BCUT2D eigenvalue weighted by Gasteiger charge is 2.27. The van der Waals surface area contributed by atoms with Crippen molar-refractivity contribution in [3.8, 4) is 11.1 Å². The zero-order chi connectivity index (χ0) is 25.2. The molecule has 9 heteroatoms. The number of nitrogens with two attached hydrogens (primary N) is 1. The molecule has 2 fully saturated rings. The average molecular weight is 491 g/mol. The van der Waals surface area contributed by atoms with Gasteiger partial charge in [0.05, 0.1) is 29.2 Å². The molecule has 36 heavy (non-hydrogen) atoms. The molecule has 3 heterocycles. The molecule has 1 saturated heterocycles. The Morgan fingerprint density at radius 3 is 2.42 bits per heavy atom. The molecule has 0 spiro atoms. The summed E-state index contributed by atoms with van der Waals surface area (Å²) < 4.78 is 11.2. The van der Waals surface area contributed by atoms with Gasteiger partial charge < -0.3 is 25.4 Å². The molecule has 1 saturated carbocycles. The van der Waals surface area contributed by atoms with Crippen molar-refractivity contribution in [3.63, 3.8) is 0 Å². The van der Waals surface area contributed by atoms with Crippen LogP contribution >= 0.6 is 0 Å². The van der Waals surface area contributed by atoms with E-state index in [4.69, 9.17) is 20.2 Å². The van der Waals surface area contributed by atoms with Gasteiger partial charge in [0, 0.05) is 49.8 Å². The van der Waals surface area contributed by atoms with Crippen LogP contribution in [0.4, 0.5) is 11.8 Å². The Morgan fingerprint density at radius 2 is 1.75 bits per heavy atom. The van der Waals surface area contributed by atoms with Crippen LogP contribution in [0.3, 0.4) is 0 Å². The Labute approximate surface area is 211 Å². The molecular formula is C27H34N6O3. The van der Waals surface area contributed by atoms with Crippen LogP contribution in [0.1, 0.15) is 49.9 Å². The van der Waals surface area contributed by atoms with Gasteiger partial charge in [0.15, 0.2) is 0 Å². The predicted octanol–water partition coefficient (Wildman–Crippen LogP) is 3.89. The number of morpholine rings is 1. The number of nitrogens with zero attached hydrogens (tertiary/aromatic N) is 4. The van der Waals surface area contributed by atoms with E-state index in [0.717, 1.165) is 42.3 Å². The lowest BCUT2D eigenvalue weighted by molar-refractivity contribution is -0.0586. The Bertz CT molecular complexity index is 1220. The third-order valence-electron chi connectivity index (χ3n) is 7.14. The van der Waals surface area contributed by atoms with Crippen LogP contribution in [0.5, 0.6) is 0 Å². The zero-order valence-corrected chi connectivity index (χ0v) is 21.1. The third kappa shape index (κ3) is 5.12. The number of rotatable bonds is 5. The highest BCUT2D eigenvalue weighted by molar-refractivity contribution is 5.99. The summed E-state index contributed by atoms with van der Waals surface area (Å²) >= 11 is 0. The first-order chi connectivity index (χ1) is 17.4. The average Bonchev–Trinajstić information content (AvgIpc) is 2.88. The van der Waals surface area contributed by atoms with E-state index >= 15 is 0 Å². The maximum atomic E-state index is 13.1. The second-order valence-electron chi connectivity index (χ2n) is 9.91. The summed E-state index contributed by atoms with van der Waals surface area (Å²) in [6.45, 7) is 5.18. The second-order valence-corrected chi connectivity index (χ2v) is 9.91. The van der Waals surface area contributed by atoms with Crippen molar-refractivity contribution < 1.29 is 14.3 Å². The minimum absolute atomic E-state index is 0.0147. The number of anilines is 2. The summed E-state index contributed by atoms with van der Waals surface area (Å²) in [4.78, 5) is 28.6. The van der Waals surface area contributed by atoms with Crippen molar-refractivity contribution in [3.05, 3.63) is 42.2 Å². The van der Waals surface area contributed by atoms with Gasteiger partial charge in [-0.05, 0) is 57.2 Å². The first-order valence-electron chi connectivity index (χ1n) is 12.7. The van der Waals surface area contributed by atoms with Crippen LogP contribution in [0.15, 0.2) is 36.7 Å². The molecule has 2 atom stereocenters. The van der Waals surface area contributed by atoms with E-state index in [1.807, 2.05) is 43.0 Å². The van der Waals surface area contributed by atoms with Crippen LogP contribution in [0.25, 0.3) is 22.0 Å². The van der Waals surface area contributed by atoms with Crippen LogP contribution in [-0.2, 0) is 9.47 Å². The molecule has 9 nitrogen and oxygen atoms in total. The van der Waals surface area contributed by atoms with Crippen LogP contribution < -0.4 is 11.1 Å². The minimum atomic E-state index is 0.0147. The first kappa shape index (κ1) is 24.4. The molecule has 5 rings (SSSR count). The standard InChI is InChI=1S/C27H34N6O3/c1-16-14-33(15-17(2)36-16)26(34)19-6-4-18(5-7-19)22-12-29-25(28)23-13-30-27(32-24(22)23)31-20-8-10-21(35-3)11-9-20/h4-7,12-13,16-17,20-21H,8-11,14-15H2,1-3H3,(H2,28,29)(H,30,31,32). The molecule has 190 valence electrons. The molecule has 3 N–H and O–H groups in total. The van der Waals surface area contributed by atoms with Gasteiger partial charge in [-0.15, -0.1) is 0 Å². The number of fused-ring (bicyclic) bond motifs is 1. The lowest BCUT2D eigenvalue weighted by atomic mass is 9.93. The van der Waals surface area contributed by atoms with Gasteiger partial charge in [0.25, 0.3) is 5.91 Å². The molecule has 1 aromatic carbocycles. The molecule has 3 aromatic rings. The fourth-order valence-corrected chi connectivity index (χ4v) is 5.26. The predicted molar refractivity (Wildman–Crippen MR) is 140 cm³/mol. The van der Waals surface area contributed by atoms with Gasteiger partial charge in [0.1, 0.15) is 5.82 Å². The van der Waals surface area contributed by atoms with E-state index < -0.39 is 0 Å². The molecule has 2 unspecified atom stereocenters. The SMILES string of the molecule is COC1CCC(Nc2ncc3c(N)ncc(-c4ccc(C(=O)N5CC(C)OC(C)C5)cc4)c3n2)CC1. The van der Waals surface area contributed by atoms with Crippen molar-refractivity contribution in [2.45, 2.75) is 63.9 Å². The first-order valence-corrected chi connectivity index (χ1v) is 12.7. The number of benzene rings is 1. The number of carbonyl (C=O) groups excluding carboxylic acids is 1. The van der Waals surface area contributed by atoms with E-state index in [1.54, 1.807) is 19.5 Å². The number of nitrogen functional groups attached to an aromatic ring is 1.